The molecular weight excluding hydrogens is 694 g/mol. The molecule has 0 radical (unpaired) electrons. The van der Waals surface area contributed by atoms with Gasteiger partial charge >= 0.3 is 6.01 Å². The largest absolute Gasteiger partial charge is 0.463 e. The van der Waals surface area contributed by atoms with Crippen LogP contribution in [0.25, 0.3) is 38.2 Å². The van der Waals surface area contributed by atoms with Crippen LogP contribution in [0.15, 0.2) is 29.3 Å². The summed E-state index contributed by atoms with van der Waals surface area (Å²) in [7, 11) is 2.42. The average molecular weight is 756 g/mol. The number of hydrogen-bond acceptors (Lipinski definition) is 8. The van der Waals surface area contributed by atoms with Crippen LogP contribution in [-0.4, -0.2) is 55.6 Å². The zero-order valence-electron chi connectivity index (χ0n) is 33.6. The van der Waals surface area contributed by atoms with Crippen molar-refractivity contribution >= 4 is 53.5 Å². The Morgan fingerprint density at radius 3 is 2.53 bits per heavy atom. The maximum atomic E-state index is 10.5. The molecule has 4 atom stereocenters. The van der Waals surface area contributed by atoms with Crippen molar-refractivity contribution in [2.45, 2.75) is 118 Å². The Morgan fingerprint density at radius 2 is 1.79 bits per heavy atom. The number of aromatic nitrogens is 2. The number of hydrogen-bond donors (Lipinski definition) is 0. The van der Waals surface area contributed by atoms with Crippen LogP contribution in [0.2, 0.25) is 0 Å². The van der Waals surface area contributed by atoms with Crippen LogP contribution in [0, 0.1) is 22.7 Å². The molecule has 2 aliphatic heterocycles. The minimum atomic E-state index is 0.0638. The Kier molecular flexibility index (Phi) is 14.7. The second-order valence-electron chi connectivity index (χ2n) is 15.6. The van der Waals surface area contributed by atoms with Gasteiger partial charge in [0.25, 0.3) is 0 Å². The SMILES string of the molecule is CCCCCCC(C)(CCCC)COc1nc(N2CCCOCC2)c2c3c(c(-c4cccc5sc(C(C)C)c(C#N)c45)cc2n1)=NC(C)C(C)C=3.CP. The lowest BCUT2D eigenvalue weighted by molar-refractivity contribution is 0.126. The Labute approximate surface area is 324 Å². The third-order valence-electron chi connectivity index (χ3n) is 11.0. The number of ether oxygens (including phenoxy) is 2. The fraction of sp³-hybridized carbons (Fsp3) is 0.591. The zero-order valence-corrected chi connectivity index (χ0v) is 35.5. The van der Waals surface area contributed by atoms with Gasteiger partial charge in [-0.1, -0.05) is 105 Å². The number of unbranched alkanes of at least 4 members (excludes halogenated alkanes) is 4. The lowest BCUT2D eigenvalue weighted by atomic mass is 9.81. The van der Waals surface area contributed by atoms with Crippen LogP contribution in [0.3, 0.4) is 0 Å². The number of rotatable bonds is 14. The molecule has 9 heteroatoms. The minimum absolute atomic E-state index is 0.0638. The zero-order chi connectivity index (χ0) is 38.1. The normalized spacial score (nSPS) is 18.3. The standard InChI is InChI=1S/C43H57N5O2S.CH5P/c1-8-10-12-13-19-43(7,18-11-9-2)27-50-42-46-35-25-32(31-16-14-17-36-37(31)34(26-44)40(51-36)28(3)4)39-33(24-29(5)30(6)45-39)38(35)41(47-42)48-20-15-22-49-23-21-48;1-2/h14,16-17,24-25,28-30H,8-13,15,18-23,27H2,1-7H3;2H2,1H3. The molecule has 6 rings (SSSR count). The van der Waals surface area contributed by atoms with Gasteiger partial charge in [0.05, 0.1) is 41.1 Å². The Balaban J connectivity index is 0.00000266. The summed E-state index contributed by atoms with van der Waals surface area (Å²) in [5.74, 6) is 1.41. The molecule has 4 heterocycles. The van der Waals surface area contributed by atoms with Gasteiger partial charge in [-0.3, -0.25) is 4.99 Å². The van der Waals surface area contributed by atoms with Crippen LogP contribution in [0.4, 0.5) is 5.82 Å². The van der Waals surface area contributed by atoms with Gasteiger partial charge in [-0.2, -0.15) is 15.2 Å². The summed E-state index contributed by atoms with van der Waals surface area (Å²) in [6.07, 6.45) is 13.0. The predicted octanol–water partition coefficient (Wildman–Crippen LogP) is 10.2. The predicted molar refractivity (Wildman–Crippen MR) is 228 cm³/mol. The number of thiophene rings is 1. The van der Waals surface area contributed by atoms with Crippen LogP contribution in [0.5, 0.6) is 6.01 Å². The van der Waals surface area contributed by atoms with Crippen molar-refractivity contribution in [2.75, 3.05) is 44.5 Å². The molecule has 1 fully saturated rings. The van der Waals surface area contributed by atoms with Crippen molar-refractivity contribution in [3.05, 3.63) is 45.3 Å². The number of anilines is 1. The highest BCUT2D eigenvalue weighted by molar-refractivity contribution is 7.19. The highest BCUT2D eigenvalue weighted by atomic mass is 32.1. The van der Waals surface area contributed by atoms with Gasteiger partial charge < -0.3 is 14.4 Å². The summed E-state index contributed by atoms with van der Waals surface area (Å²) < 4.78 is 13.7. The summed E-state index contributed by atoms with van der Waals surface area (Å²) in [5, 5.41) is 14.6. The van der Waals surface area contributed by atoms with E-state index in [2.05, 4.69) is 99.0 Å². The van der Waals surface area contributed by atoms with Crippen LogP contribution in [-0.2, 0) is 4.74 Å². The van der Waals surface area contributed by atoms with E-state index >= 15 is 0 Å². The van der Waals surface area contributed by atoms with Crippen LogP contribution >= 0.6 is 20.6 Å². The van der Waals surface area contributed by atoms with Gasteiger partial charge in [-0.25, -0.2) is 0 Å². The van der Waals surface area contributed by atoms with Gasteiger partial charge in [0, 0.05) is 50.9 Å². The van der Waals surface area contributed by atoms with Crippen molar-refractivity contribution in [1.29, 1.82) is 5.26 Å². The molecule has 7 nitrogen and oxygen atoms in total. The number of nitriles is 1. The van der Waals surface area contributed by atoms with Gasteiger partial charge in [0.1, 0.15) is 11.9 Å². The Morgan fingerprint density at radius 1 is 1.02 bits per heavy atom. The number of nitrogens with zero attached hydrogens (tertiary/aromatic N) is 5. The van der Waals surface area contributed by atoms with E-state index in [1.165, 1.54) is 38.5 Å². The monoisotopic (exact) mass is 755 g/mol. The second kappa shape index (κ2) is 19.0. The lowest BCUT2D eigenvalue weighted by Crippen LogP contribution is -2.38. The Bertz CT molecular complexity index is 2010. The summed E-state index contributed by atoms with van der Waals surface area (Å²) >= 11 is 1.73. The number of fused-ring (bicyclic) bond motifs is 4. The van der Waals surface area contributed by atoms with Crippen molar-refractivity contribution in [2.24, 2.45) is 16.3 Å². The summed E-state index contributed by atoms with van der Waals surface area (Å²) in [5.41, 5.74) is 3.75. The quantitative estimate of drug-likeness (QED) is 0.0941. The maximum Gasteiger partial charge on any atom is 0.318 e. The number of benzene rings is 2. The molecule has 4 unspecified atom stereocenters. The van der Waals surface area contributed by atoms with Crippen molar-refractivity contribution in [3.8, 4) is 23.2 Å². The first-order chi connectivity index (χ1) is 25.7. The molecule has 2 aliphatic rings. The smallest absolute Gasteiger partial charge is 0.318 e. The maximum absolute atomic E-state index is 10.5. The molecule has 0 bridgehead atoms. The molecule has 1 saturated heterocycles. The van der Waals surface area contributed by atoms with Gasteiger partial charge in [-0.15, -0.1) is 20.6 Å². The third-order valence-corrected chi connectivity index (χ3v) is 12.4. The van der Waals surface area contributed by atoms with E-state index in [4.69, 9.17) is 24.4 Å². The molecule has 0 spiro atoms. The van der Waals surface area contributed by atoms with Gasteiger partial charge in [0.2, 0.25) is 0 Å². The van der Waals surface area contributed by atoms with Crippen LogP contribution in [0.1, 0.15) is 123 Å². The van der Waals surface area contributed by atoms with Gasteiger partial charge in [-0.05, 0) is 55.7 Å². The van der Waals surface area contributed by atoms with Gasteiger partial charge in [0.15, 0.2) is 0 Å². The van der Waals surface area contributed by atoms with E-state index in [0.29, 0.717) is 19.2 Å². The minimum Gasteiger partial charge on any atom is -0.463 e. The first-order valence-corrected chi connectivity index (χ1v) is 22.1. The highest BCUT2D eigenvalue weighted by Gasteiger charge is 2.28. The summed E-state index contributed by atoms with van der Waals surface area (Å²) in [4.78, 5) is 19.4. The fourth-order valence-electron chi connectivity index (χ4n) is 7.76. The van der Waals surface area contributed by atoms with Crippen molar-refractivity contribution in [3.63, 3.8) is 0 Å². The van der Waals surface area contributed by atoms with Crippen LogP contribution < -0.4 is 20.2 Å². The van der Waals surface area contributed by atoms with E-state index < -0.39 is 0 Å². The van der Waals surface area contributed by atoms with E-state index in [0.717, 1.165) is 97.9 Å². The molecule has 0 N–H and O–H groups in total. The molecule has 286 valence electrons. The molecule has 2 aromatic carbocycles. The van der Waals surface area contributed by atoms with E-state index in [-0.39, 0.29) is 23.3 Å². The molecule has 0 amide bonds. The molecule has 2 aromatic heterocycles. The lowest BCUT2D eigenvalue weighted by Gasteiger charge is -2.30. The fourth-order valence-corrected chi connectivity index (χ4v) is 8.94. The third kappa shape index (κ3) is 9.23. The van der Waals surface area contributed by atoms with Crippen molar-refractivity contribution < 1.29 is 9.47 Å². The van der Waals surface area contributed by atoms with Crippen molar-refractivity contribution in [1.82, 2.24) is 9.97 Å². The topological polar surface area (TPSA) is 83.6 Å². The highest BCUT2D eigenvalue weighted by Crippen LogP contribution is 2.41. The molecule has 0 aliphatic carbocycles. The van der Waals surface area contributed by atoms with E-state index in [1.54, 1.807) is 11.3 Å². The summed E-state index contributed by atoms with van der Waals surface area (Å²) in [6, 6.07) is 11.8. The Hall–Kier alpha value is -3.11. The first kappa shape index (κ1) is 41.1. The molecule has 53 heavy (non-hydrogen) atoms. The van der Waals surface area contributed by atoms with E-state index in [9.17, 15) is 5.26 Å². The van der Waals surface area contributed by atoms with E-state index in [1.807, 2.05) is 6.66 Å². The molecule has 0 saturated carbocycles. The summed E-state index contributed by atoms with van der Waals surface area (Å²) in [6.45, 7) is 21.2. The molecule has 4 aromatic rings. The molecular formula is C44H62N5O2PS. The second-order valence-corrected chi connectivity index (χ2v) is 16.6. The first-order valence-electron chi connectivity index (χ1n) is 20.1. The average Bonchev–Trinajstić information content (AvgIpc) is 3.34.